The number of benzene rings is 1. The predicted octanol–water partition coefficient (Wildman–Crippen LogP) is 1.73. The Hall–Kier alpha value is -1.13. The Labute approximate surface area is 106 Å². The summed E-state index contributed by atoms with van der Waals surface area (Å²) in [5, 5.41) is 6.11. The highest BCUT2D eigenvalue weighted by molar-refractivity contribution is 5.94. The lowest BCUT2D eigenvalue weighted by Gasteiger charge is -2.23. The molecular formula is C12H16ClFN2O. The van der Waals surface area contributed by atoms with Gasteiger partial charge in [0.25, 0.3) is 5.91 Å². The quantitative estimate of drug-likeness (QED) is 0.848. The minimum atomic E-state index is -0.380. The van der Waals surface area contributed by atoms with Gasteiger partial charge in [0.15, 0.2) is 0 Å². The van der Waals surface area contributed by atoms with Crippen molar-refractivity contribution in [3.05, 3.63) is 35.6 Å². The van der Waals surface area contributed by atoms with Crippen molar-refractivity contribution in [2.45, 2.75) is 18.9 Å². The van der Waals surface area contributed by atoms with E-state index in [0.717, 1.165) is 25.9 Å². The lowest BCUT2D eigenvalue weighted by atomic mass is 10.1. The molecule has 0 saturated carbocycles. The van der Waals surface area contributed by atoms with Crippen molar-refractivity contribution >= 4 is 18.3 Å². The van der Waals surface area contributed by atoms with Gasteiger partial charge in [0, 0.05) is 18.2 Å². The van der Waals surface area contributed by atoms with Crippen LogP contribution >= 0.6 is 12.4 Å². The minimum absolute atomic E-state index is 0. The van der Waals surface area contributed by atoms with Gasteiger partial charge < -0.3 is 10.6 Å². The van der Waals surface area contributed by atoms with E-state index in [4.69, 9.17) is 0 Å². The maximum atomic E-state index is 12.9. The Morgan fingerprint density at radius 1 is 1.47 bits per heavy atom. The lowest BCUT2D eigenvalue weighted by Crippen LogP contribution is -2.45. The molecule has 1 saturated heterocycles. The molecule has 1 atom stereocenters. The smallest absolute Gasteiger partial charge is 0.251 e. The number of nitrogens with one attached hydrogen (secondary N) is 2. The Morgan fingerprint density at radius 2 is 2.29 bits per heavy atom. The van der Waals surface area contributed by atoms with Crippen molar-refractivity contribution in [1.29, 1.82) is 0 Å². The molecule has 0 bridgehead atoms. The van der Waals surface area contributed by atoms with Crippen LogP contribution in [0, 0.1) is 5.82 Å². The first-order valence-corrected chi connectivity index (χ1v) is 5.53. The fraction of sp³-hybridized carbons (Fsp3) is 0.417. The summed E-state index contributed by atoms with van der Waals surface area (Å²) >= 11 is 0. The summed E-state index contributed by atoms with van der Waals surface area (Å²) in [7, 11) is 0. The number of carbonyl (C=O) groups excluding carboxylic acids is 1. The highest BCUT2D eigenvalue weighted by atomic mass is 35.5. The van der Waals surface area contributed by atoms with Gasteiger partial charge >= 0.3 is 0 Å². The van der Waals surface area contributed by atoms with E-state index < -0.39 is 0 Å². The normalized spacial score (nSPS) is 19.2. The molecule has 1 heterocycles. The SMILES string of the molecule is Cl.O=C(N[C@H]1CCCNC1)c1cccc(F)c1. The third kappa shape index (κ3) is 3.98. The zero-order chi connectivity index (χ0) is 11.4. The van der Waals surface area contributed by atoms with Gasteiger partial charge in [-0.15, -0.1) is 12.4 Å². The van der Waals surface area contributed by atoms with Crippen molar-refractivity contribution in [1.82, 2.24) is 10.6 Å². The first-order valence-electron chi connectivity index (χ1n) is 5.53. The summed E-state index contributed by atoms with van der Waals surface area (Å²) in [6.45, 7) is 1.80. The zero-order valence-electron chi connectivity index (χ0n) is 9.41. The summed E-state index contributed by atoms with van der Waals surface area (Å²) in [5.41, 5.74) is 0.380. The van der Waals surface area contributed by atoms with Crippen LogP contribution in [-0.4, -0.2) is 25.0 Å². The number of carbonyl (C=O) groups is 1. The number of hydrogen-bond donors (Lipinski definition) is 2. The van der Waals surface area contributed by atoms with Gasteiger partial charge in [0.2, 0.25) is 0 Å². The van der Waals surface area contributed by atoms with Crippen LogP contribution in [0.5, 0.6) is 0 Å². The summed E-state index contributed by atoms with van der Waals surface area (Å²) in [4.78, 5) is 11.8. The number of hydrogen-bond acceptors (Lipinski definition) is 2. The van der Waals surface area contributed by atoms with Crippen molar-refractivity contribution in [2.24, 2.45) is 0 Å². The third-order valence-electron chi connectivity index (χ3n) is 2.72. The molecule has 0 radical (unpaired) electrons. The van der Waals surface area contributed by atoms with Crippen LogP contribution in [0.4, 0.5) is 4.39 Å². The molecule has 94 valence electrons. The van der Waals surface area contributed by atoms with Crippen LogP contribution in [0.3, 0.4) is 0 Å². The second kappa shape index (κ2) is 6.57. The minimum Gasteiger partial charge on any atom is -0.348 e. The zero-order valence-corrected chi connectivity index (χ0v) is 10.2. The molecule has 0 aliphatic carbocycles. The average molecular weight is 259 g/mol. The van der Waals surface area contributed by atoms with Gasteiger partial charge in [-0.2, -0.15) is 0 Å². The summed E-state index contributed by atoms with van der Waals surface area (Å²) in [6, 6.07) is 5.91. The van der Waals surface area contributed by atoms with Crippen LogP contribution in [0.2, 0.25) is 0 Å². The largest absolute Gasteiger partial charge is 0.348 e. The Kier molecular flexibility index (Phi) is 5.38. The summed E-state index contributed by atoms with van der Waals surface area (Å²) in [5.74, 6) is -0.581. The van der Waals surface area contributed by atoms with E-state index >= 15 is 0 Å². The lowest BCUT2D eigenvalue weighted by molar-refractivity contribution is 0.0930. The van der Waals surface area contributed by atoms with Gasteiger partial charge in [-0.05, 0) is 37.6 Å². The van der Waals surface area contributed by atoms with Gasteiger partial charge in [0.1, 0.15) is 5.82 Å². The first kappa shape index (κ1) is 13.9. The summed E-state index contributed by atoms with van der Waals surface area (Å²) in [6.07, 6.45) is 2.04. The number of amides is 1. The highest BCUT2D eigenvalue weighted by Gasteiger charge is 2.16. The number of piperidine rings is 1. The Bertz CT molecular complexity index is 381. The van der Waals surface area contributed by atoms with Crippen LogP contribution in [0.15, 0.2) is 24.3 Å². The molecule has 2 rings (SSSR count). The monoisotopic (exact) mass is 258 g/mol. The fourth-order valence-electron chi connectivity index (χ4n) is 1.87. The van der Waals surface area contributed by atoms with E-state index in [2.05, 4.69) is 10.6 Å². The van der Waals surface area contributed by atoms with E-state index in [-0.39, 0.29) is 30.2 Å². The van der Waals surface area contributed by atoms with E-state index in [1.807, 2.05) is 0 Å². The molecule has 0 unspecified atom stereocenters. The van der Waals surface area contributed by atoms with Crippen molar-refractivity contribution < 1.29 is 9.18 Å². The van der Waals surface area contributed by atoms with Gasteiger partial charge in [-0.1, -0.05) is 6.07 Å². The van der Waals surface area contributed by atoms with Crippen molar-refractivity contribution in [3.63, 3.8) is 0 Å². The van der Waals surface area contributed by atoms with Crippen LogP contribution in [0.25, 0.3) is 0 Å². The van der Waals surface area contributed by atoms with Gasteiger partial charge in [0.05, 0.1) is 0 Å². The molecule has 0 aromatic heterocycles. The average Bonchev–Trinajstić information content (AvgIpc) is 2.30. The molecule has 3 nitrogen and oxygen atoms in total. The molecule has 1 aromatic carbocycles. The van der Waals surface area contributed by atoms with E-state index in [1.165, 1.54) is 12.1 Å². The van der Waals surface area contributed by atoms with E-state index in [1.54, 1.807) is 12.1 Å². The molecule has 0 spiro atoms. The highest BCUT2D eigenvalue weighted by Crippen LogP contribution is 2.06. The predicted molar refractivity (Wildman–Crippen MR) is 67.0 cm³/mol. The molecule has 1 fully saturated rings. The maximum absolute atomic E-state index is 12.9. The topological polar surface area (TPSA) is 41.1 Å². The Balaban J connectivity index is 0.00000144. The molecule has 1 aliphatic heterocycles. The van der Waals surface area contributed by atoms with Gasteiger partial charge in [-0.3, -0.25) is 4.79 Å². The summed E-state index contributed by atoms with van der Waals surface area (Å²) < 4.78 is 12.9. The van der Waals surface area contributed by atoms with Gasteiger partial charge in [-0.25, -0.2) is 4.39 Å². The first-order chi connectivity index (χ1) is 7.75. The second-order valence-corrected chi connectivity index (χ2v) is 4.03. The van der Waals surface area contributed by atoms with E-state index in [9.17, 15) is 9.18 Å². The van der Waals surface area contributed by atoms with Crippen molar-refractivity contribution in [3.8, 4) is 0 Å². The molecule has 17 heavy (non-hydrogen) atoms. The molecule has 1 amide bonds. The van der Waals surface area contributed by atoms with Crippen molar-refractivity contribution in [2.75, 3.05) is 13.1 Å². The second-order valence-electron chi connectivity index (χ2n) is 4.03. The molecule has 2 N–H and O–H groups in total. The fourth-order valence-corrected chi connectivity index (χ4v) is 1.87. The molecule has 5 heteroatoms. The van der Waals surface area contributed by atoms with E-state index in [0.29, 0.717) is 5.56 Å². The third-order valence-corrected chi connectivity index (χ3v) is 2.72. The van der Waals surface area contributed by atoms with Crippen LogP contribution in [-0.2, 0) is 0 Å². The van der Waals surface area contributed by atoms with Crippen LogP contribution < -0.4 is 10.6 Å². The maximum Gasteiger partial charge on any atom is 0.251 e. The number of rotatable bonds is 2. The Morgan fingerprint density at radius 3 is 2.94 bits per heavy atom. The molecule has 1 aliphatic rings. The van der Waals surface area contributed by atoms with Crippen LogP contribution in [0.1, 0.15) is 23.2 Å². The standard InChI is InChI=1S/C12H15FN2O.ClH/c13-10-4-1-3-9(7-10)12(16)15-11-5-2-6-14-8-11;/h1,3-4,7,11,14H,2,5-6,8H2,(H,15,16);1H/t11-;/m0./s1. The molecule has 1 aromatic rings. The number of halogens is 2. The molecular weight excluding hydrogens is 243 g/mol.